The monoisotopic (exact) mass is 298 g/mol. The van der Waals surface area contributed by atoms with Crippen LogP contribution in [0.15, 0.2) is 48.5 Å². The zero-order valence-corrected chi connectivity index (χ0v) is 13.0. The van der Waals surface area contributed by atoms with E-state index in [0.29, 0.717) is 25.2 Å². The van der Waals surface area contributed by atoms with Crippen molar-refractivity contribution in [3.8, 4) is 5.75 Å². The number of hydrogen-bond acceptors (Lipinski definition) is 3. The van der Waals surface area contributed by atoms with Crippen LogP contribution in [0.5, 0.6) is 5.75 Å². The normalized spacial score (nSPS) is 10.3. The number of carbonyl (C=O) groups is 1. The van der Waals surface area contributed by atoms with Crippen LogP contribution >= 0.6 is 0 Å². The first kappa shape index (κ1) is 15.9. The molecule has 2 aromatic rings. The van der Waals surface area contributed by atoms with Gasteiger partial charge in [-0.3, -0.25) is 4.79 Å². The summed E-state index contributed by atoms with van der Waals surface area (Å²) in [5.74, 6) is 0.323. The summed E-state index contributed by atoms with van der Waals surface area (Å²) >= 11 is 0. The van der Waals surface area contributed by atoms with Gasteiger partial charge in [0.25, 0.3) is 5.91 Å². The molecule has 0 saturated heterocycles. The van der Waals surface area contributed by atoms with Gasteiger partial charge in [-0.15, -0.1) is 0 Å². The van der Waals surface area contributed by atoms with E-state index in [1.165, 1.54) is 0 Å². The van der Waals surface area contributed by atoms with Crippen molar-refractivity contribution in [1.29, 1.82) is 0 Å². The molecule has 4 heteroatoms. The molecule has 1 amide bonds. The fourth-order valence-corrected chi connectivity index (χ4v) is 2.29. The fraction of sp³-hybridized carbons (Fsp3) is 0.278. The van der Waals surface area contributed by atoms with Gasteiger partial charge in [0.05, 0.1) is 0 Å². The first-order valence-electron chi connectivity index (χ1n) is 7.55. The Balaban J connectivity index is 1.98. The Labute approximate surface area is 131 Å². The highest BCUT2D eigenvalue weighted by atomic mass is 16.3. The lowest BCUT2D eigenvalue weighted by Crippen LogP contribution is -2.30. The molecule has 2 aromatic carbocycles. The molecule has 4 nitrogen and oxygen atoms in total. The second kappa shape index (κ2) is 7.50. The minimum absolute atomic E-state index is 0.0598. The van der Waals surface area contributed by atoms with Crippen molar-refractivity contribution < 1.29 is 9.90 Å². The summed E-state index contributed by atoms with van der Waals surface area (Å²) in [5, 5.41) is 12.7. The molecular weight excluding hydrogens is 276 g/mol. The largest absolute Gasteiger partial charge is 0.508 e. The summed E-state index contributed by atoms with van der Waals surface area (Å²) in [6.07, 6.45) is 0. The predicted octanol–water partition coefficient (Wildman–Crippen LogP) is 3.49. The highest BCUT2D eigenvalue weighted by molar-refractivity contribution is 5.94. The Morgan fingerprint density at radius 1 is 1.09 bits per heavy atom. The molecule has 116 valence electrons. The van der Waals surface area contributed by atoms with Crippen LogP contribution in [0, 0.1) is 0 Å². The van der Waals surface area contributed by atoms with E-state index < -0.39 is 0 Å². The number of anilines is 1. The smallest absolute Gasteiger partial charge is 0.253 e. The molecule has 0 heterocycles. The van der Waals surface area contributed by atoms with E-state index in [1.54, 1.807) is 17.0 Å². The van der Waals surface area contributed by atoms with Crippen LogP contribution in [0.4, 0.5) is 5.69 Å². The summed E-state index contributed by atoms with van der Waals surface area (Å²) in [7, 11) is 0. The fourth-order valence-electron chi connectivity index (χ4n) is 2.29. The molecule has 0 aliphatic rings. The van der Waals surface area contributed by atoms with Crippen molar-refractivity contribution in [3.63, 3.8) is 0 Å². The number of carbonyl (C=O) groups excluding carboxylic acids is 1. The van der Waals surface area contributed by atoms with Gasteiger partial charge >= 0.3 is 0 Å². The maximum atomic E-state index is 12.2. The van der Waals surface area contributed by atoms with Crippen LogP contribution < -0.4 is 5.32 Å². The number of nitrogens with zero attached hydrogens (tertiary/aromatic N) is 1. The highest BCUT2D eigenvalue weighted by Gasteiger charge is 2.11. The molecule has 0 aliphatic carbocycles. The van der Waals surface area contributed by atoms with Gasteiger partial charge in [0.1, 0.15) is 5.75 Å². The van der Waals surface area contributed by atoms with Crippen LogP contribution in [0.1, 0.15) is 29.8 Å². The molecule has 22 heavy (non-hydrogen) atoms. The molecule has 0 aromatic heterocycles. The molecule has 0 unspecified atom stereocenters. The van der Waals surface area contributed by atoms with E-state index in [1.807, 2.05) is 50.2 Å². The van der Waals surface area contributed by atoms with E-state index >= 15 is 0 Å². The second-order valence-electron chi connectivity index (χ2n) is 5.08. The summed E-state index contributed by atoms with van der Waals surface area (Å²) < 4.78 is 0. The maximum Gasteiger partial charge on any atom is 0.253 e. The van der Waals surface area contributed by atoms with E-state index in [0.717, 1.165) is 11.3 Å². The third kappa shape index (κ3) is 4.01. The minimum Gasteiger partial charge on any atom is -0.508 e. The lowest BCUT2D eigenvalue weighted by Gasteiger charge is -2.18. The third-order valence-electron chi connectivity index (χ3n) is 3.59. The topological polar surface area (TPSA) is 52.6 Å². The van der Waals surface area contributed by atoms with Gasteiger partial charge in [-0.05, 0) is 55.8 Å². The Morgan fingerprint density at radius 3 is 2.36 bits per heavy atom. The van der Waals surface area contributed by atoms with Crippen molar-refractivity contribution in [1.82, 2.24) is 4.90 Å². The molecule has 0 radical (unpaired) electrons. The number of rotatable bonds is 6. The predicted molar refractivity (Wildman–Crippen MR) is 89.1 cm³/mol. The Morgan fingerprint density at radius 2 is 1.77 bits per heavy atom. The summed E-state index contributed by atoms with van der Waals surface area (Å²) in [4.78, 5) is 14.0. The molecule has 0 spiro atoms. The second-order valence-corrected chi connectivity index (χ2v) is 5.08. The van der Waals surface area contributed by atoms with E-state index in [-0.39, 0.29) is 11.7 Å². The number of amides is 1. The third-order valence-corrected chi connectivity index (χ3v) is 3.59. The standard InChI is InChI=1S/C18H22N2O2/c1-3-20(4-2)18(22)15-8-10-16(11-9-15)19-13-14-6-5-7-17(21)12-14/h5-12,19,21H,3-4,13H2,1-2H3. The molecule has 0 saturated carbocycles. The average molecular weight is 298 g/mol. The van der Waals surface area contributed by atoms with Crippen LogP contribution in [0.3, 0.4) is 0 Å². The Kier molecular flexibility index (Phi) is 5.42. The van der Waals surface area contributed by atoms with Crippen LogP contribution in [-0.2, 0) is 6.54 Å². The van der Waals surface area contributed by atoms with Gasteiger partial charge in [0, 0.05) is 30.9 Å². The lowest BCUT2D eigenvalue weighted by molar-refractivity contribution is 0.0773. The molecule has 2 N–H and O–H groups in total. The van der Waals surface area contributed by atoms with Crippen LogP contribution in [-0.4, -0.2) is 29.0 Å². The van der Waals surface area contributed by atoms with Crippen LogP contribution in [0.25, 0.3) is 0 Å². The maximum absolute atomic E-state index is 12.2. The minimum atomic E-state index is 0.0598. The molecule has 2 rings (SSSR count). The number of aromatic hydroxyl groups is 1. The zero-order chi connectivity index (χ0) is 15.9. The highest BCUT2D eigenvalue weighted by Crippen LogP contribution is 2.15. The molecular formula is C18H22N2O2. The number of phenolic OH excluding ortho intramolecular Hbond substituents is 1. The lowest BCUT2D eigenvalue weighted by atomic mass is 10.1. The van der Waals surface area contributed by atoms with E-state index in [2.05, 4.69) is 5.32 Å². The van der Waals surface area contributed by atoms with Gasteiger partial charge in [-0.25, -0.2) is 0 Å². The number of benzene rings is 2. The summed E-state index contributed by atoms with van der Waals surface area (Å²) in [5.41, 5.74) is 2.65. The van der Waals surface area contributed by atoms with Gasteiger partial charge in [-0.2, -0.15) is 0 Å². The van der Waals surface area contributed by atoms with E-state index in [9.17, 15) is 9.90 Å². The Bertz CT molecular complexity index is 619. The van der Waals surface area contributed by atoms with Gasteiger partial charge in [-0.1, -0.05) is 12.1 Å². The molecule has 0 fully saturated rings. The quantitative estimate of drug-likeness (QED) is 0.858. The van der Waals surface area contributed by atoms with Crippen molar-refractivity contribution in [2.75, 3.05) is 18.4 Å². The molecule has 0 atom stereocenters. The van der Waals surface area contributed by atoms with Crippen molar-refractivity contribution in [2.45, 2.75) is 20.4 Å². The SMILES string of the molecule is CCN(CC)C(=O)c1ccc(NCc2cccc(O)c2)cc1. The van der Waals surface area contributed by atoms with Gasteiger partial charge < -0.3 is 15.3 Å². The Hall–Kier alpha value is -2.49. The summed E-state index contributed by atoms with van der Waals surface area (Å²) in [6, 6.07) is 14.6. The number of phenols is 1. The van der Waals surface area contributed by atoms with Gasteiger partial charge in [0.15, 0.2) is 0 Å². The average Bonchev–Trinajstić information content (AvgIpc) is 2.54. The first-order chi connectivity index (χ1) is 10.6. The van der Waals surface area contributed by atoms with Crippen molar-refractivity contribution >= 4 is 11.6 Å². The van der Waals surface area contributed by atoms with E-state index in [4.69, 9.17) is 0 Å². The zero-order valence-electron chi connectivity index (χ0n) is 13.0. The van der Waals surface area contributed by atoms with Crippen LogP contribution in [0.2, 0.25) is 0 Å². The number of nitrogens with one attached hydrogen (secondary N) is 1. The van der Waals surface area contributed by atoms with Crippen molar-refractivity contribution in [3.05, 3.63) is 59.7 Å². The first-order valence-corrected chi connectivity index (χ1v) is 7.55. The molecule has 0 bridgehead atoms. The van der Waals surface area contributed by atoms with Crippen molar-refractivity contribution in [2.24, 2.45) is 0 Å². The molecule has 0 aliphatic heterocycles. The van der Waals surface area contributed by atoms with Gasteiger partial charge in [0.2, 0.25) is 0 Å². The summed E-state index contributed by atoms with van der Waals surface area (Å²) in [6.45, 7) is 6.01. The number of hydrogen-bond donors (Lipinski definition) is 2.